The fourth-order valence-electron chi connectivity index (χ4n) is 1.87. The Morgan fingerprint density at radius 2 is 1.76 bits per heavy atom. The average molecular weight is 361 g/mol. The average Bonchev–Trinajstić information content (AvgIpc) is 2.61. The Balaban J connectivity index is 1.71. The van der Waals surface area contributed by atoms with Gasteiger partial charge >= 0.3 is 16.2 Å². The molecule has 0 saturated carbocycles. The van der Waals surface area contributed by atoms with Gasteiger partial charge in [-0.25, -0.2) is 4.79 Å². The van der Waals surface area contributed by atoms with Crippen molar-refractivity contribution in [2.24, 2.45) is 0 Å². The molecule has 0 spiro atoms. The molecule has 132 valence electrons. The highest BCUT2D eigenvalue weighted by atomic mass is 32.2. The van der Waals surface area contributed by atoms with Crippen LogP contribution in [-0.4, -0.2) is 21.1 Å². The van der Waals surface area contributed by atoms with E-state index >= 15 is 0 Å². The van der Waals surface area contributed by atoms with Crippen LogP contribution in [0.2, 0.25) is 0 Å². The first-order chi connectivity index (χ1) is 12.0. The molecule has 0 unspecified atom stereocenters. The number of hydroxylamine groups is 1. The Bertz CT molecular complexity index is 814. The summed E-state index contributed by atoms with van der Waals surface area (Å²) in [6.07, 6.45) is 3.28. The second-order valence-electron chi connectivity index (χ2n) is 5.19. The van der Waals surface area contributed by atoms with Gasteiger partial charge in [0.25, 0.3) is 0 Å². The van der Waals surface area contributed by atoms with E-state index in [1.165, 1.54) is 12.1 Å². The zero-order valence-electron chi connectivity index (χ0n) is 13.7. The molecule has 0 aromatic heterocycles. The predicted molar refractivity (Wildman–Crippen MR) is 94.0 cm³/mol. The fraction of sp³-hybridized carbons (Fsp3) is 0.167. The van der Waals surface area contributed by atoms with Crippen molar-refractivity contribution in [1.29, 1.82) is 0 Å². The third kappa shape index (κ3) is 6.40. The number of amides is 1. The summed E-state index contributed by atoms with van der Waals surface area (Å²) in [6.45, 7) is 1.93. The second-order valence-corrected chi connectivity index (χ2v) is 6.74. The number of hydrogen-bond acceptors (Lipinski definition) is 5. The standard InChI is InChI=1S/C18H19NO5S/c1-15-10-12-17(13-11-15)25(21,22)24-19-18(20)23-14-6-5-9-16-7-3-2-4-8-16/h2-5,7-13H,6,14H2,1H3,(H,19,20)/b9-5+. The molecular weight excluding hydrogens is 342 g/mol. The van der Waals surface area contributed by atoms with Crippen LogP contribution in [-0.2, 0) is 19.1 Å². The molecule has 0 fully saturated rings. The van der Waals surface area contributed by atoms with E-state index in [1.807, 2.05) is 49.4 Å². The summed E-state index contributed by atoms with van der Waals surface area (Å²) in [5, 5.41) is 0. The third-order valence-corrected chi connectivity index (χ3v) is 4.32. The second kappa shape index (κ2) is 9.00. The van der Waals surface area contributed by atoms with Crippen molar-refractivity contribution in [3.05, 3.63) is 71.8 Å². The lowest BCUT2D eigenvalue weighted by molar-refractivity contribution is 0.104. The molecule has 25 heavy (non-hydrogen) atoms. The molecule has 0 aliphatic carbocycles. The maximum atomic E-state index is 11.9. The molecule has 6 nitrogen and oxygen atoms in total. The summed E-state index contributed by atoms with van der Waals surface area (Å²) < 4.78 is 33.1. The van der Waals surface area contributed by atoms with Gasteiger partial charge in [-0.3, -0.25) is 0 Å². The van der Waals surface area contributed by atoms with E-state index in [0.717, 1.165) is 11.1 Å². The first-order valence-electron chi connectivity index (χ1n) is 7.62. The van der Waals surface area contributed by atoms with E-state index in [0.29, 0.717) is 6.42 Å². The van der Waals surface area contributed by atoms with Gasteiger partial charge in [-0.15, -0.1) is 4.28 Å². The quantitative estimate of drug-likeness (QED) is 0.603. The van der Waals surface area contributed by atoms with Gasteiger partial charge in [-0.05, 0) is 31.0 Å². The van der Waals surface area contributed by atoms with Crippen LogP contribution in [0.3, 0.4) is 0 Å². The number of ether oxygens (including phenoxy) is 1. The summed E-state index contributed by atoms with van der Waals surface area (Å²) in [4.78, 5) is 11.4. The molecule has 1 N–H and O–H groups in total. The highest BCUT2D eigenvalue weighted by molar-refractivity contribution is 7.86. The third-order valence-electron chi connectivity index (χ3n) is 3.17. The van der Waals surface area contributed by atoms with Crippen molar-refractivity contribution < 1.29 is 22.2 Å². The van der Waals surface area contributed by atoms with E-state index in [1.54, 1.807) is 17.6 Å². The summed E-state index contributed by atoms with van der Waals surface area (Å²) in [7, 11) is -4.07. The van der Waals surface area contributed by atoms with Gasteiger partial charge in [0.2, 0.25) is 0 Å². The summed E-state index contributed by atoms with van der Waals surface area (Å²) in [5.74, 6) is 0. The number of hydrogen-bond donors (Lipinski definition) is 1. The minimum Gasteiger partial charge on any atom is -0.448 e. The topological polar surface area (TPSA) is 81.7 Å². The molecule has 0 saturated heterocycles. The highest BCUT2D eigenvalue weighted by Gasteiger charge is 2.17. The number of nitrogens with one attached hydrogen (secondary N) is 1. The zero-order chi connectivity index (χ0) is 18.1. The van der Waals surface area contributed by atoms with Gasteiger partial charge in [-0.2, -0.15) is 13.9 Å². The van der Waals surface area contributed by atoms with E-state index < -0.39 is 16.2 Å². The van der Waals surface area contributed by atoms with Crippen LogP contribution < -0.4 is 5.48 Å². The summed E-state index contributed by atoms with van der Waals surface area (Å²) >= 11 is 0. The Labute approximate surface area is 147 Å². The lowest BCUT2D eigenvalue weighted by Gasteiger charge is -2.07. The van der Waals surface area contributed by atoms with E-state index in [9.17, 15) is 13.2 Å². The summed E-state index contributed by atoms with van der Waals surface area (Å²) in [5.41, 5.74) is 3.72. The zero-order valence-corrected chi connectivity index (χ0v) is 14.5. The van der Waals surface area contributed by atoms with Gasteiger partial charge in [0.1, 0.15) is 0 Å². The van der Waals surface area contributed by atoms with Gasteiger partial charge in [-0.1, -0.05) is 60.2 Å². The first kappa shape index (κ1) is 18.7. The molecule has 0 aliphatic heterocycles. The molecule has 0 atom stereocenters. The van der Waals surface area contributed by atoms with E-state index in [2.05, 4.69) is 4.28 Å². The van der Waals surface area contributed by atoms with Gasteiger partial charge in [0.05, 0.1) is 11.5 Å². The smallest absolute Gasteiger partial charge is 0.432 e. The van der Waals surface area contributed by atoms with Crippen molar-refractivity contribution in [3.8, 4) is 0 Å². The minimum absolute atomic E-state index is 0.0517. The van der Waals surface area contributed by atoms with Crippen molar-refractivity contribution in [2.45, 2.75) is 18.2 Å². The lowest BCUT2D eigenvalue weighted by atomic mass is 10.2. The predicted octanol–water partition coefficient (Wildman–Crippen LogP) is 3.45. The van der Waals surface area contributed by atoms with Crippen molar-refractivity contribution in [2.75, 3.05) is 6.61 Å². The van der Waals surface area contributed by atoms with E-state index in [4.69, 9.17) is 4.74 Å². The molecule has 2 aromatic carbocycles. The molecule has 2 aromatic rings. The Morgan fingerprint density at radius 3 is 2.44 bits per heavy atom. The maximum absolute atomic E-state index is 11.9. The van der Waals surface area contributed by atoms with Crippen molar-refractivity contribution in [1.82, 2.24) is 5.48 Å². The van der Waals surface area contributed by atoms with Gasteiger partial charge < -0.3 is 4.74 Å². The molecule has 0 bridgehead atoms. The normalized spacial score (nSPS) is 11.4. The number of aryl methyl sites for hydroxylation is 1. The Hall–Kier alpha value is -2.64. The van der Waals surface area contributed by atoms with E-state index in [-0.39, 0.29) is 11.5 Å². The van der Waals surface area contributed by atoms with Crippen molar-refractivity contribution >= 4 is 22.3 Å². The van der Waals surface area contributed by atoms with Gasteiger partial charge in [0, 0.05) is 0 Å². The Kier molecular flexibility index (Phi) is 6.73. The van der Waals surface area contributed by atoms with Gasteiger partial charge in [0.15, 0.2) is 0 Å². The molecule has 0 aliphatic rings. The lowest BCUT2D eigenvalue weighted by Crippen LogP contribution is -2.28. The van der Waals surface area contributed by atoms with Crippen LogP contribution in [0.1, 0.15) is 17.5 Å². The maximum Gasteiger partial charge on any atom is 0.432 e. The summed E-state index contributed by atoms with van der Waals surface area (Å²) in [6, 6.07) is 15.7. The van der Waals surface area contributed by atoms with Crippen LogP contribution in [0.5, 0.6) is 0 Å². The Morgan fingerprint density at radius 1 is 1.08 bits per heavy atom. The highest BCUT2D eigenvalue weighted by Crippen LogP contribution is 2.12. The molecule has 1 amide bonds. The molecule has 0 heterocycles. The van der Waals surface area contributed by atoms with Crippen molar-refractivity contribution in [3.63, 3.8) is 0 Å². The number of carbonyl (C=O) groups is 1. The minimum atomic E-state index is -4.07. The molecule has 7 heteroatoms. The number of benzene rings is 2. The van der Waals surface area contributed by atoms with Crippen LogP contribution in [0.15, 0.2) is 65.6 Å². The fourth-order valence-corrected chi connectivity index (χ4v) is 2.62. The SMILES string of the molecule is Cc1ccc(S(=O)(=O)ONC(=O)OCC/C=C/c2ccccc2)cc1. The number of carbonyl (C=O) groups excluding carboxylic acids is 1. The van der Waals surface area contributed by atoms with Crippen LogP contribution in [0.25, 0.3) is 6.08 Å². The first-order valence-corrected chi connectivity index (χ1v) is 9.03. The van der Waals surface area contributed by atoms with Crippen LogP contribution in [0.4, 0.5) is 4.79 Å². The van der Waals surface area contributed by atoms with Crippen LogP contribution in [0, 0.1) is 6.92 Å². The molecular formula is C18H19NO5S. The van der Waals surface area contributed by atoms with Crippen LogP contribution >= 0.6 is 0 Å². The largest absolute Gasteiger partial charge is 0.448 e. The molecule has 2 rings (SSSR count). The molecule has 0 radical (unpaired) electrons. The number of rotatable bonds is 7. The monoisotopic (exact) mass is 361 g/mol.